The molecule has 0 bridgehead atoms. The third-order valence-electron chi connectivity index (χ3n) is 2.58. The van der Waals surface area contributed by atoms with Crippen LogP contribution in [0.5, 0.6) is 0 Å². The maximum Gasteiger partial charge on any atom is 0.311 e. The van der Waals surface area contributed by atoms with E-state index in [1.54, 1.807) is 24.3 Å². The van der Waals surface area contributed by atoms with Gasteiger partial charge in [-0.1, -0.05) is 35.9 Å². The minimum absolute atomic E-state index is 0.0629. The highest BCUT2D eigenvalue weighted by Crippen LogP contribution is 2.21. The Balaban J connectivity index is 2.80. The molecule has 2 N–H and O–H groups in total. The fraction of sp³-hybridized carbons (Fsp3) is 0.286. The lowest BCUT2D eigenvalue weighted by Crippen LogP contribution is -2.27. The molecule has 0 aliphatic carbocycles. The van der Waals surface area contributed by atoms with E-state index in [2.05, 4.69) is 11.9 Å². The molecule has 1 rings (SSSR count). The monoisotopic (exact) mass is 247 g/mol. The lowest BCUT2D eigenvalue weighted by atomic mass is 9.94. The first-order valence-corrected chi connectivity index (χ1v) is 5.71. The zero-order chi connectivity index (χ0) is 13.5. The number of hydrogen-bond donors (Lipinski definition) is 2. The van der Waals surface area contributed by atoms with Crippen molar-refractivity contribution in [2.45, 2.75) is 19.3 Å². The van der Waals surface area contributed by atoms with Gasteiger partial charge in [-0.05, 0) is 12.5 Å². The van der Waals surface area contributed by atoms with Gasteiger partial charge in [0.05, 0.1) is 5.92 Å². The number of aliphatic carboxylic acids is 1. The predicted octanol–water partition coefficient (Wildman–Crippen LogP) is 1.86. The summed E-state index contributed by atoms with van der Waals surface area (Å²) in [5.41, 5.74) is 1.63. The lowest BCUT2D eigenvalue weighted by Gasteiger charge is -2.13. The van der Waals surface area contributed by atoms with E-state index in [1.807, 2.05) is 13.0 Å². The van der Waals surface area contributed by atoms with E-state index < -0.39 is 11.9 Å². The first-order valence-electron chi connectivity index (χ1n) is 5.71. The van der Waals surface area contributed by atoms with Gasteiger partial charge >= 0.3 is 5.97 Å². The van der Waals surface area contributed by atoms with Crippen molar-refractivity contribution in [1.29, 1.82) is 0 Å². The second-order valence-corrected chi connectivity index (χ2v) is 4.10. The average molecular weight is 247 g/mol. The number of carboxylic acid groups (broad SMARTS) is 1. The molecule has 0 aliphatic rings. The van der Waals surface area contributed by atoms with Crippen LogP contribution >= 0.6 is 0 Å². The third kappa shape index (κ3) is 4.05. The Kier molecular flexibility index (Phi) is 5.11. The molecule has 0 aliphatic heterocycles. The molecule has 1 amide bonds. The summed E-state index contributed by atoms with van der Waals surface area (Å²) in [5, 5.41) is 11.8. The molecular weight excluding hydrogens is 230 g/mol. The Labute approximate surface area is 106 Å². The normalized spacial score (nSPS) is 11.6. The van der Waals surface area contributed by atoms with E-state index in [4.69, 9.17) is 0 Å². The highest BCUT2D eigenvalue weighted by Gasteiger charge is 2.22. The van der Waals surface area contributed by atoms with Gasteiger partial charge in [0, 0.05) is 13.0 Å². The summed E-state index contributed by atoms with van der Waals surface area (Å²) in [5.74, 6) is -2.09. The number of aryl methyl sites for hydroxylation is 1. The van der Waals surface area contributed by atoms with Gasteiger partial charge in [-0.25, -0.2) is 0 Å². The molecule has 4 nitrogen and oxygen atoms in total. The van der Waals surface area contributed by atoms with Crippen LogP contribution in [0, 0.1) is 6.92 Å². The first kappa shape index (κ1) is 14.0. The summed E-state index contributed by atoms with van der Waals surface area (Å²) in [6.45, 7) is 5.72. The summed E-state index contributed by atoms with van der Waals surface area (Å²) in [6, 6.07) is 7.20. The van der Waals surface area contributed by atoms with Crippen molar-refractivity contribution in [2.75, 3.05) is 6.54 Å². The molecule has 4 heteroatoms. The van der Waals surface area contributed by atoms with Crippen molar-refractivity contribution in [2.24, 2.45) is 0 Å². The van der Waals surface area contributed by atoms with E-state index in [9.17, 15) is 14.7 Å². The van der Waals surface area contributed by atoms with Crippen molar-refractivity contribution < 1.29 is 14.7 Å². The topological polar surface area (TPSA) is 66.4 Å². The summed E-state index contributed by atoms with van der Waals surface area (Å²) in [6.07, 6.45) is 1.49. The van der Waals surface area contributed by atoms with Gasteiger partial charge in [0.25, 0.3) is 0 Å². The molecule has 0 heterocycles. The van der Waals surface area contributed by atoms with Crippen LogP contribution in [0.4, 0.5) is 0 Å². The van der Waals surface area contributed by atoms with Crippen LogP contribution in [0.2, 0.25) is 0 Å². The number of benzene rings is 1. The zero-order valence-electron chi connectivity index (χ0n) is 10.3. The van der Waals surface area contributed by atoms with Gasteiger partial charge in [0.15, 0.2) is 0 Å². The predicted molar refractivity (Wildman–Crippen MR) is 69.4 cm³/mol. The molecular formula is C14H17NO3. The van der Waals surface area contributed by atoms with Crippen LogP contribution in [-0.2, 0) is 9.59 Å². The molecule has 18 heavy (non-hydrogen) atoms. The van der Waals surface area contributed by atoms with E-state index in [1.165, 1.54) is 0 Å². The average Bonchev–Trinajstić information content (AvgIpc) is 2.33. The molecule has 0 spiro atoms. The highest BCUT2D eigenvalue weighted by atomic mass is 16.4. The summed E-state index contributed by atoms with van der Waals surface area (Å²) >= 11 is 0. The fourth-order valence-electron chi connectivity index (χ4n) is 1.68. The standard InChI is InChI=1S/C14H17NO3/c1-3-7-15-13(16)9-12(14(17)18)11-6-4-5-10(2)8-11/h3-6,8,12H,1,7,9H2,2H3,(H,15,16)(H,17,18). The van der Waals surface area contributed by atoms with E-state index >= 15 is 0 Å². The molecule has 96 valence electrons. The Hall–Kier alpha value is -2.10. The largest absolute Gasteiger partial charge is 0.481 e. The quantitative estimate of drug-likeness (QED) is 0.754. The second kappa shape index (κ2) is 6.59. The van der Waals surface area contributed by atoms with E-state index in [0.717, 1.165) is 5.56 Å². The molecule has 0 saturated heterocycles. The molecule has 0 fully saturated rings. The van der Waals surface area contributed by atoms with E-state index in [-0.39, 0.29) is 12.3 Å². The van der Waals surface area contributed by atoms with Crippen molar-refractivity contribution >= 4 is 11.9 Å². The van der Waals surface area contributed by atoms with Crippen molar-refractivity contribution in [3.05, 3.63) is 48.0 Å². The molecule has 1 aromatic rings. The van der Waals surface area contributed by atoms with Crippen LogP contribution in [0.15, 0.2) is 36.9 Å². The molecule has 1 unspecified atom stereocenters. The van der Waals surface area contributed by atoms with Gasteiger partial charge in [0.2, 0.25) is 5.91 Å². The van der Waals surface area contributed by atoms with Gasteiger partial charge in [-0.2, -0.15) is 0 Å². The maximum absolute atomic E-state index is 11.6. The molecule has 0 saturated carbocycles. The lowest BCUT2D eigenvalue weighted by molar-refractivity contribution is -0.140. The van der Waals surface area contributed by atoms with Crippen molar-refractivity contribution in [3.63, 3.8) is 0 Å². The summed E-state index contributed by atoms with van der Waals surface area (Å²) < 4.78 is 0. The number of hydrogen-bond acceptors (Lipinski definition) is 2. The van der Waals surface area contributed by atoms with Gasteiger partial charge in [-0.3, -0.25) is 9.59 Å². The van der Waals surface area contributed by atoms with Crippen LogP contribution in [0.25, 0.3) is 0 Å². The minimum atomic E-state index is -0.991. The van der Waals surface area contributed by atoms with Crippen molar-refractivity contribution in [3.8, 4) is 0 Å². The number of amides is 1. The zero-order valence-corrected chi connectivity index (χ0v) is 10.3. The third-order valence-corrected chi connectivity index (χ3v) is 2.58. The smallest absolute Gasteiger partial charge is 0.311 e. The summed E-state index contributed by atoms with van der Waals surface area (Å²) in [4.78, 5) is 22.8. The number of nitrogens with one attached hydrogen (secondary N) is 1. The Morgan fingerprint density at radius 2 is 2.22 bits per heavy atom. The molecule has 1 atom stereocenters. The molecule has 1 aromatic carbocycles. The van der Waals surface area contributed by atoms with Gasteiger partial charge in [-0.15, -0.1) is 6.58 Å². The van der Waals surface area contributed by atoms with Crippen molar-refractivity contribution in [1.82, 2.24) is 5.32 Å². The SMILES string of the molecule is C=CCNC(=O)CC(C(=O)O)c1cccc(C)c1. The fourth-order valence-corrected chi connectivity index (χ4v) is 1.68. The second-order valence-electron chi connectivity index (χ2n) is 4.10. The number of rotatable bonds is 6. The number of carbonyl (C=O) groups excluding carboxylic acids is 1. The van der Waals surface area contributed by atoms with Gasteiger partial charge in [0.1, 0.15) is 0 Å². The van der Waals surface area contributed by atoms with E-state index in [0.29, 0.717) is 12.1 Å². The van der Waals surface area contributed by atoms with Crippen LogP contribution in [0.3, 0.4) is 0 Å². The van der Waals surface area contributed by atoms with Crippen LogP contribution < -0.4 is 5.32 Å². The van der Waals surface area contributed by atoms with Crippen LogP contribution in [-0.4, -0.2) is 23.5 Å². The minimum Gasteiger partial charge on any atom is -0.481 e. The highest BCUT2D eigenvalue weighted by molar-refractivity contribution is 5.85. The number of carbonyl (C=O) groups is 2. The Morgan fingerprint density at radius 1 is 1.50 bits per heavy atom. The molecule has 0 aromatic heterocycles. The van der Waals surface area contributed by atoms with Crippen LogP contribution in [0.1, 0.15) is 23.5 Å². The maximum atomic E-state index is 11.6. The van der Waals surface area contributed by atoms with Gasteiger partial charge < -0.3 is 10.4 Å². The number of carboxylic acids is 1. The molecule has 0 radical (unpaired) electrons. The Morgan fingerprint density at radius 3 is 2.78 bits per heavy atom. The Bertz CT molecular complexity index is 454. The first-order chi connectivity index (χ1) is 8.54. The summed E-state index contributed by atoms with van der Waals surface area (Å²) in [7, 11) is 0.